The molecule has 0 radical (unpaired) electrons. The largest absolute Gasteiger partial charge is 0.435 e. The minimum Gasteiger partial charge on any atom is -0.332 e. The molecule has 3 rings (SSSR count). The van der Waals surface area contributed by atoms with Crippen LogP contribution in [0.15, 0.2) is 48.8 Å². The number of nitrogens with zero attached hydrogens (tertiary/aromatic N) is 3. The summed E-state index contributed by atoms with van der Waals surface area (Å²) in [4.78, 5) is 16.0. The standard InChI is InChI=1S/C18H15ClF3N5O/c1-11-5-13(9-23-8-11)25-17(28)24-10-15-7-16(18(20,21)22)26-27(15)14-4-2-3-12(19)6-14/h2-9H,10H2,1H3,(H2,24,25,28). The van der Waals surface area contributed by atoms with Gasteiger partial charge in [0.15, 0.2) is 5.69 Å². The Labute approximate surface area is 163 Å². The molecular weight excluding hydrogens is 395 g/mol. The van der Waals surface area contributed by atoms with Crippen molar-refractivity contribution in [1.82, 2.24) is 20.1 Å². The van der Waals surface area contributed by atoms with Gasteiger partial charge in [-0.25, -0.2) is 9.48 Å². The van der Waals surface area contributed by atoms with Crippen LogP contribution >= 0.6 is 11.6 Å². The third kappa shape index (κ3) is 4.80. The Hall–Kier alpha value is -3.07. The fourth-order valence-electron chi connectivity index (χ4n) is 2.49. The second-order valence-electron chi connectivity index (χ2n) is 5.97. The molecule has 2 aromatic heterocycles. The number of anilines is 1. The molecule has 2 N–H and O–H groups in total. The van der Waals surface area contributed by atoms with Crippen molar-refractivity contribution in [3.05, 3.63) is 70.8 Å². The van der Waals surface area contributed by atoms with E-state index in [1.54, 1.807) is 30.5 Å². The summed E-state index contributed by atoms with van der Waals surface area (Å²) in [7, 11) is 0. The maximum atomic E-state index is 13.1. The van der Waals surface area contributed by atoms with E-state index in [1.165, 1.54) is 12.3 Å². The first kappa shape index (κ1) is 19.7. The highest BCUT2D eigenvalue weighted by Crippen LogP contribution is 2.30. The van der Waals surface area contributed by atoms with E-state index >= 15 is 0 Å². The molecule has 0 aliphatic heterocycles. The van der Waals surface area contributed by atoms with Gasteiger partial charge in [-0.15, -0.1) is 0 Å². The molecule has 2 heterocycles. The highest BCUT2D eigenvalue weighted by molar-refractivity contribution is 6.30. The van der Waals surface area contributed by atoms with Gasteiger partial charge in [-0.2, -0.15) is 18.3 Å². The number of aryl methyl sites for hydroxylation is 1. The number of hydrogen-bond donors (Lipinski definition) is 2. The lowest BCUT2D eigenvalue weighted by molar-refractivity contribution is -0.141. The first-order chi connectivity index (χ1) is 13.2. The lowest BCUT2D eigenvalue weighted by Crippen LogP contribution is -2.29. The molecule has 146 valence electrons. The Bertz CT molecular complexity index is 1000. The molecule has 28 heavy (non-hydrogen) atoms. The Kier molecular flexibility index (Phi) is 5.55. The van der Waals surface area contributed by atoms with Crippen molar-refractivity contribution in [2.45, 2.75) is 19.6 Å². The molecule has 3 aromatic rings. The van der Waals surface area contributed by atoms with Gasteiger partial charge in [0.2, 0.25) is 0 Å². The van der Waals surface area contributed by atoms with Crippen LogP contribution in [0.4, 0.5) is 23.7 Å². The van der Waals surface area contributed by atoms with Crippen LogP contribution in [0.25, 0.3) is 5.69 Å². The van der Waals surface area contributed by atoms with Crippen LogP contribution in [-0.4, -0.2) is 20.8 Å². The molecular formula is C18H15ClF3N5O. The van der Waals surface area contributed by atoms with Crippen molar-refractivity contribution in [3.63, 3.8) is 0 Å². The fraction of sp³-hybridized carbons (Fsp3) is 0.167. The van der Waals surface area contributed by atoms with Crippen LogP contribution in [0.1, 0.15) is 17.0 Å². The van der Waals surface area contributed by atoms with Crippen molar-refractivity contribution in [2.75, 3.05) is 5.32 Å². The smallest absolute Gasteiger partial charge is 0.332 e. The topological polar surface area (TPSA) is 71.8 Å². The summed E-state index contributed by atoms with van der Waals surface area (Å²) in [6, 6.07) is 8.26. The number of halogens is 4. The number of alkyl halides is 3. The normalized spacial score (nSPS) is 11.3. The van der Waals surface area contributed by atoms with E-state index in [9.17, 15) is 18.0 Å². The number of carbonyl (C=O) groups is 1. The number of nitrogens with one attached hydrogen (secondary N) is 2. The van der Waals surface area contributed by atoms with Gasteiger partial charge in [0.1, 0.15) is 0 Å². The Morgan fingerprint density at radius 2 is 2.00 bits per heavy atom. The zero-order valence-corrected chi connectivity index (χ0v) is 15.3. The minimum atomic E-state index is -4.62. The first-order valence-electron chi connectivity index (χ1n) is 8.11. The van der Waals surface area contributed by atoms with Crippen LogP contribution in [0, 0.1) is 6.92 Å². The highest BCUT2D eigenvalue weighted by Gasteiger charge is 2.35. The van der Waals surface area contributed by atoms with E-state index in [1.807, 2.05) is 6.92 Å². The van der Waals surface area contributed by atoms with Crippen LogP contribution in [-0.2, 0) is 12.7 Å². The number of amides is 2. The molecule has 0 saturated carbocycles. The molecule has 0 spiro atoms. The summed E-state index contributed by atoms with van der Waals surface area (Å²) in [5.74, 6) is 0. The van der Waals surface area contributed by atoms with E-state index in [-0.39, 0.29) is 12.2 Å². The molecule has 1 aromatic carbocycles. The first-order valence-corrected chi connectivity index (χ1v) is 8.49. The molecule has 0 fully saturated rings. The van der Waals surface area contributed by atoms with E-state index in [2.05, 4.69) is 20.7 Å². The van der Waals surface area contributed by atoms with Crippen LogP contribution < -0.4 is 10.6 Å². The SMILES string of the molecule is Cc1cncc(NC(=O)NCc2cc(C(F)(F)F)nn2-c2cccc(Cl)c2)c1. The number of hydrogen-bond acceptors (Lipinski definition) is 3. The summed E-state index contributed by atoms with van der Waals surface area (Å²) < 4.78 is 40.4. The zero-order valence-electron chi connectivity index (χ0n) is 14.6. The van der Waals surface area contributed by atoms with Gasteiger partial charge in [-0.3, -0.25) is 4.98 Å². The van der Waals surface area contributed by atoms with Gasteiger partial charge in [0, 0.05) is 11.2 Å². The van der Waals surface area contributed by atoms with E-state index in [0.717, 1.165) is 16.3 Å². The van der Waals surface area contributed by atoms with Gasteiger partial charge in [0.25, 0.3) is 0 Å². The molecule has 0 atom stereocenters. The molecule has 0 saturated heterocycles. The second kappa shape index (κ2) is 7.89. The third-order valence-electron chi connectivity index (χ3n) is 3.69. The summed E-state index contributed by atoms with van der Waals surface area (Å²) in [6.45, 7) is 1.64. The molecule has 10 heteroatoms. The lowest BCUT2D eigenvalue weighted by Gasteiger charge is -2.10. The molecule has 6 nitrogen and oxygen atoms in total. The van der Waals surface area contributed by atoms with Crippen LogP contribution in [0.2, 0.25) is 5.02 Å². The van der Waals surface area contributed by atoms with Crippen molar-refractivity contribution < 1.29 is 18.0 Å². The van der Waals surface area contributed by atoms with Crippen molar-refractivity contribution in [2.24, 2.45) is 0 Å². The van der Waals surface area contributed by atoms with Crippen LogP contribution in [0.5, 0.6) is 0 Å². The monoisotopic (exact) mass is 409 g/mol. The molecule has 0 unspecified atom stereocenters. The van der Waals surface area contributed by atoms with Gasteiger partial charge in [0.05, 0.1) is 29.8 Å². The fourth-order valence-corrected chi connectivity index (χ4v) is 2.67. The molecule has 0 bridgehead atoms. The summed E-state index contributed by atoms with van der Waals surface area (Å²) >= 11 is 5.93. The van der Waals surface area contributed by atoms with E-state index in [0.29, 0.717) is 16.4 Å². The maximum Gasteiger partial charge on any atom is 0.435 e. The average Bonchev–Trinajstić information content (AvgIpc) is 3.05. The minimum absolute atomic E-state index is 0.145. The summed E-state index contributed by atoms with van der Waals surface area (Å²) in [6.07, 6.45) is -1.52. The number of rotatable bonds is 4. The second-order valence-corrected chi connectivity index (χ2v) is 6.41. The number of urea groups is 1. The Morgan fingerprint density at radius 1 is 1.21 bits per heavy atom. The predicted molar refractivity (Wildman–Crippen MR) is 98.4 cm³/mol. The van der Waals surface area contributed by atoms with Crippen molar-refractivity contribution >= 4 is 23.3 Å². The predicted octanol–water partition coefficient (Wildman–Crippen LogP) is 4.57. The highest BCUT2D eigenvalue weighted by atomic mass is 35.5. The third-order valence-corrected chi connectivity index (χ3v) is 3.92. The Balaban J connectivity index is 1.80. The van der Waals surface area contributed by atoms with Gasteiger partial charge < -0.3 is 10.6 Å². The number of aromatic nitrogens is 3. The van der Waals surface area contributed by atoms with E-state index in [4.69, 9.17) is 11.6 Å². The molecule has 0 aliphatic rings. The van der Waals surface area contributed by atoms with Gasteiger partial charge in [-0.05, 0) is 42.8 Å². The van der Waals surface area contributed by atoms with Crippen LogP contribution in [0.3, 0.4) is 0 Å². The average molecular weight is 410 g/mol. The zero-order chi connectivity index (χ0) is 20.3. The molecule has 0 aliphatic carbocycles. The lowest BCUT2D eigenvalue weighted by atomic mass is 10.3. The Morgan fingerprint density at radius 3 is 2.68 bits per heavy atom. The number of carbonyl (C=O) groups excluding carboxylic acids is 1. The van der Waals surface area contributed by atoms with Crippen molar-refractivity contribution in [1.29, 1.82) is 0 Å². The quantitative estimate of drug-likeness (QED) is 0.663. The number of pyridine rings is 1. The molecule has 2 amide bonds. The van der Waals surface area contributed by atoms with E-state index < -0.39 is 17.9 Å². The van der Waals surface area contributed by atoms with Gasteiger partial charge in [-0.1, -0.05) is 17.7 Å². The summed E-state index contributed by atoms with van der Waals surface area (Å²) in [5, 5.41) is 9.06. The summed E-state index contributed by atoms with van der Waals surface area (Å²) in [5.41, 5.74) is 0.756. The van der Waals surface area contributed by atoms with Gasteiger partial charge >= 0.3 is 12.2 Å². The number of benzene rings is 1. The maximum absolute atomic E-state index is 13.1. The van der Waals surface area contributed by atoms with Crippen molar-refractivity contribution in [3.8, 4) is 5.69 Å².